The number of carboxylic acids is 1. The van der Waals surface area contributed by atoms with E-state index in [1.165, 1.54) is 18.2 Å². The number of nitrogens with one attached hydrogen (secondary N) is 2. The number of carboxylic acid groups (broad SMARTS) is 1. The van der Waals surface area contributed by atoms with Crippen molar-refractivity contribution in [1.29, 1.82) is 0 Å². The summed E-state index contributed by atoms with van der Waals surface area (Å²) < 4.78 is 5.44. The van der Waals surface area contributed by atoms with Gasteiger partial charge < -0.3 is 20.5 Å². The number of hydrogen-bond donors (Lipinski definition) is 3. The molecule has 0 radical (unpaired) electrons. The van der Waals surface area contributed by atoms with Gasteiger partial charge in [0.1, 0.15) is 0 Å². The molecule has 0 aromatic heterocycles. The van der Waals surface area contributed by atoms with Gasteiger partial charge in [0.15, 0.2) is 0 Å². The molecule has 0 spiro atoms. The molecule has 0 saturated carbocycles. The van der Waals surface area contributed by atoms with Crippen LogP contribution in [0.4, 0.5) is 10.5 Å². The molecule has 1 saturated heterocycles. The van der Waals surface area contributed by atoms with Crippen molar-refractivity contribution in [3.05, 3.63) is 28.8 Å². The number of benzene rings is 1. The molecule has 2 rings (SSSR count). The number of anilines is 1. The number of carbonyl (C=O) groups is 2. The molecule has 3 N–H and O–H groups in total. The molecule has 2 amide bonds. The Morgan fingerprint density at radius 3 is 2.76 bits per heavy atom. The van der Waals surface area contributed by atoms with Crippen LogP contribution in [0.25, 0.3) is 0 Å². The van der Waals surface area contributed by atoms with Crippen molar-refractivity contribution in [2.45, 2.75) is 31.9 Å². The first kappa shape index (κ1) is 15.6. The highest BCUT2D eigenvalue weighted by molar-refractivity contribution is 6.31. The number of carbonyl (C=O) groups excluding carboxylic acids is 1. The van der Waals surface area contributed by atoms with Crippen LogP contribution in [0.5, 0.6) is 0 Å². The lowest BCUT2D eigenvalue weighted by Gasteiger charge is -2.29. The fourth-order valence-electron chi connectivity index (χ4n) is 2.22. The molecular formula is C14H17ClN2O4. The second-order valence-corrected chi connectivity index (χ2v) is 5.69. The Balaban J connectivity index is 2.13. The van der Waals surface area contributed by atoms with Crippen molar-refractivity contribution in [1.82, 2.24) is 5.32 Å². The highest BCUT2D eigenvalue weighted by atomic mass is 35.5. The monoisotopic (exact) mass is 312 g/mol. The lowest BCUT2D eigenvalue weighted by atomic mass is 9.95. The summed E-state index contributed by atoms with van der Waals surface area (Å²) in [5.74, 6) is -1.13. The van der Waals surface area contributed by atoms with Gasteiger partial charge in [-0.25, -0.2) is 9.59 Å². The topological polar surface area (TPSA) is 87.7 Å². The molecule has 6 nitrogen and oxygen atoms in total. The summed E-state index contributed by atoms with van der Waals surface area (Å²) >= 11 is 5.84. The number of urea groups is 1. The number of aromatic carboxylic acids is 1. The first-order valence-electron chi connectivity index (χ1n) is 6.55. The second-order valence-electron chi connectivity index (χ2n) is 5.25. The predicted molar refractivity (Wildman–Crippen MR) is 79.0 cm³/mol. The van der Waals surface area contributed by atoms with Crippen molar-refractivity contribution in [2.75, 3.05) is 11.9 Å². The Kier molecular flexibility index (Phi) is 4.39. The maximum Gasteiger partial charge on any atom is 0.337 e. The van der Waals surface area contributed by atoms with Crippen molar-refractivity contribution in [3.63, 3.8) is 0 Å². The summed E-state index contributed by atoms with van der Waals surface area (Å²) in [6.07, 6.45) is 0.588. The van der Waals surface area contributed by atoms with Crippen molar-refractivity contribution >= 4 is 29.3 Å². The van der Waals surface area contributed by atoms with Crippen LogP contribution in [-0.4, -0.2) is 35.4 Å². The van der Waals surface area contributed by atoms with E-state index in [1.807, 2.05) is 13.8 Å². The van der Waals surface area contributed by atoms with E-state index in [4.69, 9.17) is 21.4 Å². The fraction of sp³-hybridized carbons (Fsp3) is 0.429. The van der Waals surface area contributed by atoms with Gasteiger partial charge in [-0.15, -0.1) is 0 Å². The zero-order chi connectivity index (χ0) is 15.6. The maximum atomic E-state index is 12.1. The molecule has 2 unspecified atom stereocenters. The second kappa shape index (κ2) is 5.91. The standard InChI is InChI=1S/C14H17ClN2O4/c1-8-14(2,5-6-21-8)17-13(20)16-11-7-9(15)3-4-10(11)12(18)19/h3-4,7-8H,5-6H2,1-2H3,(H,18,19)(H2,16,17,20). The summed E-state index contributed by atoms with van der Waals surface area (Å²) in [5.41, 5.74) is -0.343. The van der Waals surface area contributed by atoms with Crippen LogP contribution in [0, 0.1) is 0 Å². The van der Waals surface area contributed by atoms with E-state index in [0.29, 0.717) is 18.1 Å². The maximum absolute atomic E-state index is 12.1. The molecule has 1 aliphatic rings. The predicted octanol–water partition coefficient (Wildman–Crippen LogP) is 2.73. The lowest BCUT2D eigenvalue weighted by Crippen LogP contribution is -2.52. The van der Waals surface area contributed by atoms with Gasteiger partial charge in [0.05, 0.1) is 22.9 Å². The minimum absolute atomic E-state index is 0.0181. The van der Waals surface area contributed by atoms with Gasteiger partial charge in [0.25, 0.3) is 0 Å². The number of rotatable bonds is 3. The third-order valence-electron chi connectivity index (χ3n) is 3.75. The van der Waals surface area contributed by atoms with Crippen molar-refractivity contribution in [3.8, 4) is 0 Å². The van der Waals surface area contributed by atoms with Crippen LogP contribution in [0.15, 0.2) is 18.2 Å². The van der Waals surface area contributed by atoms with Gasteiger partial charge in [0.2, 0.25) is 0 Å². The van der Waals surface area contributed by atoms with Crippen LogP contribution in [0.3, 0.4) is 0 Å². The number of halogens is 1. The van der Waals surface area contributed by atoms with Gasteiger partial charge in [0, 0.05) is 11.6 Å². The molecule has 1 fully saturated rings. The van der Waals surface area contributed by atoms with E-state index in [-0.39, 0.29) is 17.4 Å². The fourth-order valence-corrected chi connectivity index (χ4v) is 2.39. The number of amides is 2. The Morgan fingerprint density at radius 1 is 1.48 bits per heavy atom. The number of hydrogen-bond acceptors (Lipinski definition) is 3. The van der Waals surface area contributed by atoms with Gasteiger partial charge in [-0.05, 0) is 38.5 Å². The first-order valence-corrected chi connectivity index (χ1v) is 6.93. The van der Waals surface area contributed by atoms with E-state index in [0.717, 1.165) is 0 Å². The Morgan fingerprint density at radius 2 is 2.19 bits per heavy atom. The van der Waals surface area contributed by atoms with Crippen LogP contribution < -0.4 is 10.6 Å². The normalized spacial score (nSPS) is 24.6. The third-order valence-corrected chi connectivity index (χ3v) is 3.98. The molecule has 7 heteroatoms. The summed E-state index contributed by atoms with van der Waals surface area (Å²) in [6, 6.07) is 3.73. The Bertz CT molecular complexity index is 578. The number of ether oxygens (including phenoxy) is 1. The van der Waals surface area contributed by atoms with Gasteiger partial charge >= 0.3 is 12.0 Å². The van der Waals surface area contributed by atoms with Crippen LogP contribution >= 0.6 is 11.6 Å². The molecule has 0 bridgehead atoms. The lowest BCUT2D eigenvalue weighted by molar-refractivity contribution is 0.0698. The minimum Gasteiger partial charge on any atom is -0.478 e. The van der Waals surface area contributed by atoms with E-state index >= 15 is 0 Å². The highest BCUT2D eigenvalue weighted by Gasteiger charge is 2.38. The minimum atomic E-state index is -1.13. The molecule has 1 aromatic rings. The van der Waals surface area contributed by atoms with E-state index in [1.54, 1.807) is 0 Å². The molecule has 1 aromatic carbocycles. The first-order chi connectivity index (χ1) is 9.82. The molecule has 114 valence electrons. The molecule has 1 heterocycles. The quantitative estimate of drug-likeness (QED) is 0.800. The third kappa shape index (κ3) is 3.46. The summed E-state index contributed by atoms with van der Waals surface area (Å²) in [6.45, 7) is 4.35. The summed E-state index contributed by atoms with van der Waals surface area (Å²) in [5, 5.41) is 14.8. The molecule has 0 aliphatic carbocycles. The van der Waals surface area contributed by atoms with Crippen LogP contribution in [0.1, 0.15) is 30.6 Å². The smallest absolute Gasteiger partial charge is 0.337 e. The summed E-state index contributed by atoms with van der Waals surface area (Å²) in [7, 11) is 0. The molecular weight excluding hydrogens is 296 g/mol. The van der Waals surface area contributed by atoms with E-state index < -0.39 is 17.5 Å². The Labute approximate surface area is 127 Å². The molecule has 1 aliphatic heterocycles. The van der Waals surface area contributed by atoms with Crippen molar-refractivity contribution < 1.29 is 19.4 Å². The highest BCUT2D eigenvalue weighted by Crippen LogP contribution is 2.26. The van der Waals surface area contributed by atoms with Crippen molar-refractivity contribution in [2.24, 2.45) is 0 Å². The Hall–Kier alpha value is -1.79. The SMILES string of the molecule is CC1OCCC1(C)NC(=O)Nc1cc(Cl)ccc1C(=O)O. The zero-order valence-electron chi connectivity index (χ0n) is 11.8. The van der Waals surface area contributed by atoms with E-state index in [2.05, 4.69) is 10.6 Å². The molecule has 2 atom stereocenters. The molecule has 21 heavy (non-hydrogen) atoms. The van der Waals surface area contributed by atoms with E-state index in [9.17, 15) is 9.59 Å². The zero-order valence-corrected chi connectivity index (χ0v) is 12.5. The van der Waals surface area contributed by atoms with Crippen LogP contribution in [-0.2, 0) is 4.74 Å². The average Bonchev–Trinajstić information content (AvgIpc) is 2.68. The van der Waals surface area contributed by atoms with Gasteiger partial charge in [-0.2, -0.15) is 0 Å². The van der Waals surface area contributed by atoms with Gasteiger partial charge in [-0.3, -0.25) is 0 Å². The summed E-state index contributed by atoms with van der Waals surface area (Å²) in [4.78, 5) is 23.2. The van der Waals surface area contributed by atoms with Gasteiger partial charge in [-0.1, -0.05) is 11.6 Å². The average molecular weight is 313 g/mol. The largest absolute Gasteiger partial charge is 0.478 e. The van der Waals surface area contributed by atoms with Crippen LogP contribution in [0.2, 0.25) is 5.02 Å².